The Hall–Kier alpha value is -3.05. The van der Waals surface area contributed by atoms with E-state index in [2.05, 4.69) is 5.32 Å². The molecule has 35 heavy (non-hydrogen) atoms. The van der Waals surface area contributed by atoms with Crippen molar-refractivity contribution in [3.63, 3.8) is 0 Å². The average molecular weight is 509 g/mol. The van der Waals surface area contributed by atoms with Gasteiger partial charge in [-0.15, -0.1) is 0 Å². The monoisotopic (exact) mass is 508 g/mol. The van der Waals surface area contributed by atoms with E-state index in [4.69, 9.17) is 16.3 Å². The van der Waals surface area contributed by atoms with Gasteiger partial charge < -0.3 is 10.1 Å². The summed E-state index contributed by atoms with van der Waals surface area (Å²) in [5, 5.41) is 12.3. The Bertz CT molecular complexity index is 1100. The third-order valence-corrected chi connectivity index (χ3v) is 5.59. The Morgan fingerprint density at radius 1 is 1.09 bits per heavy atom. The number of benzene rings is 2. The van der Waals surface area contributed by atoms with Gasteiger partial charge in [-0.25, -0.2) is 0 Å². The molecule has 9 heteroatoms. The minimum atomic E-state index is -4.63. The van der Waals surface area contributed by atoms with Crippen LogP contribution in [0.2, 0.25) is 5.02 Å². The highest BCUT2D eigenvalue weighted by atomic mass is 35.5. The minimum absolute atomic E-state index is 0.0692. The van der Waals surface area contributed by atoms with Gasteiger partial charge in [0.25, 0.3) is 0 Å². The number of halogens is 4. The number of rotatable bonds is 7. The quantitative estimate of drug-likeness (QED) is 0.424. The molecule has 0 radical (unpaired) electrons. The molecule has 3 unspecified atom stereocenters. The maximum absolute atomic E-state index is 13.6. The molecular formula is C26H28ClF3N2O3. The fourth-order valence-corrected chi connectivity index (χ4v) is 3.62. The zero-order valence-corrected chi connectivity index (χ0v) is 20.9. The Balaban J connectivity index is 2.34. The first kappa shape index (κ1) is 28.2. The first-order valence-corrected chi connectivity index (χ1v) is 11.4. The van der Waals surface area contributed by atoms with E-state index in [-0.39, 0.29) is 23.2 Å². The molecule has 2 rings (SSSR count). The SMILES string of the molecule is CC(Cc1ccc(C#N)c(NC(=O)C(c2ccc(Cl)cc2)C(C)C(F)(F)F)c1)C(=O)OC(C)(C)C. The predicted octanol–water partition coefficient (Wildman–Crippen LogP) is 6.65. The summed E-state index contributed by atoms with van der Waals surface area (Å²) in [7, 11) is 0. The second-order valence-corrected chi connectivity index (χ2v) is 9.92. The van der Waals surface area contributed by atoms with Gasteiger partial charge in [-0.05, 0) is 62.6 Å². The number of nitriles is 1. The number of nitrogens with one attached hydrogen (secondary N) is 1. The van der Waals surface area contributed by atoms with Crippen molar-refractivity contribution in [3.8, 4) is 6.07 Å². The Morgan fingerprint density at radius 2 is 1.69 bits per heavy atom. The topological polar surface area (TPSA) is 79.2 Å². The van der Waals surface area contributed by atoms with E-state index in [1.54, 1.807) is 33.8 Å². The number of hydrogen-bond acceptors (Lipinski definition) is 4. The lowest BCUT2D eigenvalue weighted by Crippen LogP contribution is -2.34. The number of anilines is 1. The summed E-state index contributed by atoms with van der Waals surface area (Å²) in [5.74, 6) is -5.40. The van der Waals surface area contributed by atoms with E-state index in [1.165, 1.54) is 36.4 Å². The van der Waals surface area contributed by atoms with Crippen LogP contribution in [0.25, 0.3) is 0 Å². The van der Waals surface area contributed by atoms with Crippen molar-refractivity contribution in [2.75, 3.05) is 5.32 Å². The van der Waals surface area contributed by atoms with E-state index < -0.39 is 41.4 Å². The molecule has 2 aromatic rings. The third-order valence-electron chi connectivity index (χ3n) is 5.34. The number of carbonyl (C=O) groups excluding carboxylic acids is 2. The van der Waals surface area contributed by atoms with Crippen LogP contribution in [0.3, 0.4) is 0 Å². The van der Waals surface area contributed by atoms with Crippen LogP contribution in [0.15, 0.2) is 42.5 Å². The Kier molecular flexibility index (Phi) is 8.96. The maximum atomic E-state index is 13.6. The molecule has 1 amide bonds. The maximum Gasteiger partial charge on any atom is 0.392 e. The molecule has 0 saturated carbocycles. The van der Waals surface area contributed by atoms with Crippen LogP contribution in [0, 0.1) is 23.2 Å². The molecule has 0 spiro atoms. The number of carbonyl (C=O) groups is 2. The van der Waals surface area contributed by atoms with Crippen molar-refractivity contribution >= 4 is 29.2 Å². The summed E-state index contributed by atoms with van der Waals surface area (Å²) in [6.45, 7) is 7.89. The summed E-state index contributed by atoms with van der Waals surface area (Å²) in [5.41, 5.74) is 0.261. The molecule has 2 aromatic carbocycles. The molecule has 0 heterocycles. The first-order valence-electron chi connectivity index (χ1n) is 11.0. The van der Waals surface area contributed by atoms with Crippen LogP contribution in [-0.4, -0.2) is 23.7 Å². The van der Waals surface area contributed by atoms with Crippen molar-refractivity contribution in [1.82, 2.24) is 0 Å². The van der Waals surface area contributed by atoms with Crippen molar-refractivity contribution in [3.05, 3.63) is 64.2 Å². The molecule has 0 saturated heterocycles. The summed E-state index contributed by atoms with van der Waals surface area (Å²) >= 11 is 5.86. The van der Waals surface area contributed by atoms with Crippen LogP contribution in [0.4, 0.5) is 18.9 Å². The summed E-state index contributed by atoms with van der Waals surface area (Å²) in [6.07, 6.45) is -4.38. The van der Waals surface area contributed by atoms with E-state index in [1.807, 2.05) is 6.07 Å². The standard InChI is InChI=1S/C26H28ClF3N2O3/c1-15(24(34)35-25(3,4)5)12-17-6-7-19(14-31)21(13-17)32-23(33)22(16(2)26(28,29)30)18-8-10-20(27)11-9-18/h6-11,13,15-16,22H,12H2,1-5H3,(H,32,33). The Morgan fingerprint density at radius 3 is 2.20 bits per heavy atom. The lowest BCUT2D eigenvalue weighted by Gasteiger charge is -2.26. The number of hydrogen-bond donors (Lipinski definition) is 1. The van der Waals surface area contributed by atoms with E-state index in [0.29, 0.717) is 10.6 Å². The lowest BCUT2D eigenvalue weighted by atomic mass is 9.85. The largest absolute Gasteiger partial charge is 0.460 e. The van der Waals surface area contributed by atoms with E-state index in [0.717, 1.165) is 6.92 Å². The van der Waals surface area contributed by atoms with E-state index >= 15 is 0 Å². The van der Waals surface area contributed by atoms with Gasteiger partial charge in [0.1, 0.15) is 11.7 Å². The van der Waals surface area contributed by atoms with Crippen molar-refractivity contribution in [1.29, 1.82) is 5.26 Å². The molecule has 0 aliphatic carbocycles. The number of esters is 1. The predicted molar refractivity (Wildman–Crippen MR) is 128 cm³/mol. The zero-order valence-electron chi connectivity index (χ0n) is 20.2. The molecule has 188 valence electrons. The van der Waals surface area contributed by atoms with Crippen molar-refractivity contribution < 1.29 is 27.5 Å². The number of nitrogens with zero attached hydrogens (tertiary/aromatic N) is 1. The van der Waals surface area contributed by atoms with Crippen LogP contribution < -0.4 is 5.32 Å². The highest BCUT2D eigenvalue weighted by molar-refractivity contribution is 6.30. The van der Waals surface area contributed by atoms with Crippen LogP contribution in [-0.2, 0) is 20.7 Å². The molecule has 0 aromatic heterocycles. The van der Waals surface area contributed by atoms with Gasteiger partial charge in [0.2, 0.25) is 5.91 Å². The third kappa shape index (κ3) is 8.00. The summed E-state index contributed by atoms with van der Waals surface area (Å²) in [4.78, 5) is 25.5. The van der Waals surface area contributed by atoms with Crippen LogP contribution in [0.1, 0.15) is 57.2 Å². The number of ether oxygens (including phenoxy) is 1. The minimum Gasteiger partial charge on any atom is -0.460 e. The average Bonchev–Trinajstić information content (AvgIpc) is 2.73. The second kappa shape index (κ2) is 11.1. The van der Waals surface area contributed by atoms with Gasteiger partial charge in [-0.1, -0.05) is 43.6 Å². The van der Waals surface area contributed by atoms with Crippen LogP contribution >= 0.6 is 11.6 Å². The number of alkyl halides is 3. The highest BCUT2D eigenvalue weighted by Crippen LogP contribution is 2.38. The van der Waals surface area contributed by atoms with Gasteiger partial charge in [0.15, 0.2) is 0 Å². The molecule has 0 bridgehead atoms. The van der Waals surface area contributed by atoms with E-state index in [9.17, 15) is 28.0 Å². The lowest BCUT2D eigenvalue weighted by molar-refractivity contribution is -0.178. The molecule has 1 N–H and O–H groups in total. The fraction of sp³-hybridized carbons (Fsp3) is 0.423. The van der Waals surface area contributed by atoms with Crippen LogP contribution in [0.5, 0.6) is 0 Å². The molecular weight excluding hydrogens is 481 g/mol. The smallest absolute Gasteiger partial charge is 0.392 e. The second-order valence-electron chi connectivity index (χ2n) is 9.48. The molecule has 3 atom stereocenters. The van der Waals surface area contributed by atoms with Gasteiger partial charge in [0.05, 0.1) is 29.0 Å². The first-order chi connectivity index (χ1) is 16.1. The summed E-state index contributed by atoms with van der Waals surface area (Å²) < 4.78 is 46.2. The zero-order chi connectivity index (χ0) is 26.6. The number of amides is 1. The molecule has 0 fully saturated rings. The van der Waals surface area contributed by atoms with Gasteiger partial charge in [-0.2, -0.15) is 18.4 Å². The van der Waals surface area contributed by atoms with Crippen molar-refractivity contribution in [2.45, 2.75) is 58.7 Å². The van der Waals surface area contributed by atoms with Gasteiger partial charge >= 0.3 is 12.1 Å². The highest BCUT2D eigenvalue weighted by Gasteiger charge is 2.45. The summed E-state index contributed by atoms with van der Waals surface area (Å²) in [6, 6.07) is 12.1. The fourth-order valence-electron chi connectivity index (χ4n) is 3.50. The molecule has 5 nitrogen and oxygen atoms in total. The van der Waals surface area contributed by atoms with Gasteiger partial charge in [-0.3, -0.25) is 9.59 Å². The molecule has 0 aliphatic heterocycles. The van der Waals surface area contributed by atoms with Gasteiger partial charge in [0, 0.05) is 5.02 Å². The molecule has 0 aliphatic rings. The Labute approximate surface area is 208 Å². The van der Waals surface area contributed by atoms with Crippen molar-refractivity contribution in [2.24, 2.45) is 11.8 Å². The normalized spacial score (nSPS) is 14.4.